The highest BCUT2D eigenvalue weighted by atomic mass is 15.3. The van der Waals surface area contributed by atoms with E-state index < -0.39 is 0 Å². The summed E-state index contributed by atoms with van der Waals surface area (Å²) in [5.74, 6) is 1.88. The quantitative estimate of drug-likeness (QED) is 0.896. The van der Waals surface area contributed by atoms with Crippen LogP contribution in [-0.4, -0.2) is 21.3 Å². The zero-order valence-corrected chi connectivity index (χ0v) is 12.2. The van der Waals surface area contributed by atoms with Gasteiger partial charge in [0.15, 0.2) is 0 Å². The van der Waals surface area contributed by atoms with Gasteiger partial charge in [-0.05, 0) is 44.4 Å². The molecular formula is C15H22N4. The first kappa shape index (κ1) is 13.6. The number of rotatable bonds is 5. The lowest BCUT2D eigenvalue weighted by molar-refractivity contribution is 0.716. The summed E-state index contributed by atoms with van der Waals surface area (Å²) >= 11 is 0. The van der Waals surface area contributed by atoms with Gasteiger partial charge in [-0.15, -0.1) is 10.2 Å². The lowest BCUT2D eigenvalue weighted by atomic mass is 10.0. The van der Waals surface area contributed by atoms with Gasteiger partial charge in [-0.1, -0.05) is 18.2 Å². The Bertz CT molecular complexity index is 557. The summed E-state index contributed by atoms with van der Waals surface area (Å²) in [4.78, 5) is 0. The molecule has 1 aromatic carbocycles. The minimum Gasteiger partial charge on any atom is -0.355 e. The van der Waals surface area contributed by atoms with Crippen molar-refractivity contribution in [3.8, 4) is 0 Å². The summed E-state index contributed by atoms with van der Waals surface area (Å²) in [6, 6.07) is 6.57. The summed E-state index contributed by atoms with van der Waals surface area (Å²) in [5.41, 5.74) is 3.94. The van der Waals surface area contributed by atoms with Crippen LogP contribution in [0.4, 0.5) is 5.95 Å². The van der Waals surface area contributed by atoms with Crippen molar-refractivity contribution < 1.29 is 0 Å². The summed E-state index contributed by atoms with van der Waals surface area (Å²) in [6.07, 6.45) is 0.827. The number of aromatic nitrogens is 3. The molecule has 1 heterocycles. The molecule has 102 valence electrons. The molecule has 4 nitrogen and oxygen atoms in total. The Morgan fingerprint density at radius 3 is 2.53 bits per heavy atom. The zero-order valence-electron chi connectivity index (χ0n) is 12.2. The van der Waals surface area contributed by atoms with Gasteiger partial charge in [0.2, 0.25) is 5.95 Å². The zero-order chi connectivity index (χ0) is 13.8. The normalized spacial score (nSPS) is 10.7. The van der Waals surface area contributed by atoms with Crippen LogP contribution in [0.1, 0.15) is 36.4 Å². The van der Waals surface area contributed by atoms with Crippen LogP contribution in [-0.2, 0) is 13.0 Å². The maximum atomic E-state index is 4.30. The molecule has 0 atom stereocenters. The smallest absolute Gasteiger partial charge is 0.224 e. The monoisotopic (exact) mass is 258 g/mol. The molecule has 4 heteroatoms. The Morgan fingerprint density at radius 2 is 1.89 bits per heavy atom. The van der Waals surface area contributed by atoms with E-state index in [-0.39, 0.29) is 0 Å². The van der Waals surface area contributed by atoms with Crippen LogP contribution >= 0.6 is 0 Å². The third kappa shape index (κ3) is 2.95. The summed E-state index contributed by atoms with van der Waals surface area (Å²) < 4.78 is 2.14. The molecular weight excluding hydrogens is 236 g/mol. The lowest BCUT2D eigenvalue weighted by Crippen LogP contribution is -2.09. The van der Waals surface area contributed by atoms with Gasteiger partial charge in [0.25, 0.3) is 0 Å². The van der Waals surface area contributed by atoms with Gasteiger partial charge < -0.3 is 5.32 Å². The number of benzene rings is 1. The number of anilines is 1. The molecule has 0 amide bonds. The van der Waals surface area contributed by atoms with Crippen LogP contribution in [0.3, 0.4) is 0 Å². The van der Waals surface area contributed by atoms with Crippen LogP contribution in [0.2, 0.25) is 0 Å². The van der Waals surface area contributed by atoms with E-state index >= 15 is 0 Å². The van der Waals surface area contributed by atoms with Crippen LogP contribution in [0, 0.1) is 13.8 Å². The molecule has 2 rings (SSSR count). The molecule has 0 aliphatic heterocycles. The molecule has 0 unspecified atom stereocenters. The second-order valence-electron chi connectivity index (χ2n) is 4.81. The molecule has 0 radical (unpaired) electrons. The summed E-state index contributed by atoms with van der Waals surface area (Å²) in [7, 11) is 0. The van der Waals surface area contributed by atoms with Crippen molar-refractivity contribution in [1.82, 2.24) is 14.8 Å². The summed E-state index contributed by atoms with van der Waals surface area (Å²) in [6.45, 7) is 10.2. The number of aryl methyl sites for hydroxylation is 2. The van der Waals surface area contributed by atoms with Crippen molar-refractivity contribution in [2.24, 2.45) is 0 Å². The Morgan fingerprint density at radius 1 is 1.11 bits per heavy atom. The SMILES string of the molecule is CCNc1nnc(Cc2ccc(C)c(C)c2)n1CC. The molecule has 2 aromatic rings. The fraction of sp³-hybridized carbons (Fsp3) is 0.467. The van der Waals surface area contributed by atoms with E-state index in [0.29, 0.717) is 0 Å². The van der Waals surface area contributed by atoms with Crippen LogP contribution in [0.25, 0.3) is 0 Å². The van der Waals surface area contributed by atoms with Crippen LogP contribution in [0.15, 0.2) is 18.2 Å². The van der Waals surface area contributed by atoms with Crippen molar-refractivity contribution in [2.75, 3.05) is 11.9 Å². The van der Waals surface area contributed by atoms with Crippen molar-refractivity contribution in [2.45, 2.75) is 40.7 Å². The first-order valence-corrected chi connectivity index (χ1v) is 6.87. The molecule has 1 N–H and O–H groups in total. The van der Waals surface area contributed by atoms with Crippen LogP contribution < -0.4 is 5.32 Å². The van der Waals surface area contributed by atoms with Crippen LogP contribution in [0.5, 0.6) is 0 Å². The molecule has 19 heavy (non-hydrogen) atoms. The Balaban J connectivity index is 2.25. The van der Waals surface area contributed by atoms with Crippen molar-refractivity contribution in [3.63, 3.8) is 0 Å². The van der Waals surface area contributed by atoms with Gasteiger partial charge >= 0.3 is 0 Å². The first-order chi connectivity index (χ1) is 9.15. The minimum absolute atomic E-state index is 0.827. The minimum atomic E-state index is 0.827. The fourth-order valence-electron chi connectivity index (χ4n) is 2.18. The third-order valence-electron chi connectivity index (χ3n) is 3.41. The van der Waals surface area contributed by atoms with E-state index in [1.165, 1.54) is 16.7 Å². The van der Waals surface area contributed by atoms with Crippen molar-refractivity contribution in [1.29, 1.82) is 0 Å². The Labute approximate surface area is 114 Å². The second kappa shape index (κ2) is 5.87. The predicted molar refractivity (Wildman–Crippen MR) is 78.6 cm³/mol. The van der Waals surface area contributed by atoms with Gasteiger partial charge in [-0.25, -0.2) is 0 Å². The molecule has 0 saturated heterocycles. The maximum Gasteiger partial charge on any atom is 0.224 e. The van der Waals surface area contributed by atoms with E-state index in [9.17, 15) is 0 Å². The van der Waals surface area contributed by atoms with Gasteiger partial charge in [0, 0.05) is 19.5 Å². The Hall–Kier alpha value is -1.84. The van der Waals surface area contributed by atoms with Gasteiger partial charge in [-0.3, -0.25) is 4.57 Å². The topological polar surface area (TPSA) is 42.7 Å². The van der Waals surface area contributed by atoms with Crippen molar-refractivity contribution in [3.05, 3.63) is 40.7 Å². The molecule has 0 aliphatic carbocycles. The van der Waals surface area contributed by atoms with Gasteiger partial charge in [0.05, 0.1) is 0 Å². The second-order valence-corrected chi connectivity index (χ2v) is 4.81. The van der Waals surface area contributed by atoms with E-state index in [4.69, 9.17) is 0 Å². The average molecular weight is 258 g/mol. The average Bonchev–Trinajstić information content (AvgIpc) is 2.76. The molecule has 0 bridgehead atoms. The molecule has 1 aromatic heterocycles. The van der Waals surface area contributed by atoms with E-state index in [1.807, 2.05) is 0 Å². The standard InChI is InChI=1S/C15H22N4/c1-5-16-15-18-17-14(19(15)6-2)10-13-8-7-11(3)12(4)9-13/h7-9H,5-6,10H2,1-4H3,(H,16,18). The van der Waals surface area contributed by atoms with E-state index in [2.05, 4.69) is 66.0 Å². The highest BCUT2D eigenvalue weighted by Crippen LogP contribution is 2.15. The van der Waals surface area contributed by atoms with Gasteiger partial charge in [0.1, 0.15) is 5.82 Å². The molecule has 0 fully saturated rings. The number of nitrogens with zero attached hydrogens (tertiary/aromatic N) is 3. The number of nitrogens with one attached hydrogen (secondary N) is 1. The summed E-state index contributed by atoms with van der Waals surface area (Å²) in [5, 5.41) is 11.8. The van der Waals surface area contributed by atoms with E-state index in [0.717, 1.165) is 31.3 Å². The number of hydrogen-bond acceptors (Lipinski definition) is 3. The first-order valence-electron chi connectivity index (χ1n) is 6.87. The van der Waals surface area contributed by atoms with Crippen molar-refractivity contribution >= 4 is 5.95 Å². The lowest BCUT2D eigenvalue weighted by Gasteiger charge is -2.09. The van der Waals surface area contributed by atoms with Gasteiger partial charge in [-0.2, -0.15) is 0 Å². The van der Waals surface area contributed by atoms with E-state index in [1.54, 1.807) is 0 Å². The Kier molecular flexibility index (Phi) is 4.20. The molecule has 0 spiro atoms. The fourth-order valence-corrected chi connectivity index (χ4v) is 2.18. The highest BCUT2D eigenvalue weighted by Gasteiger charge is 2.10. The number of hydrogen-bond donors (Lipinski definition) is 1. The molecule has 0 aliphatic rings. The largest absolute Gasteiger partial charge is 0.355 e. The predicted octanol–water partition coefficient (Wildman–Crippen LogP) is 2.94. The maximum absolute atomic E-state index is 4.30. The highest BCUT2D eigenvalue weighted by molar-refractivity contribution is 5.33. The third-order valence-corrected chi connectivity index (χ3v) is 3.41. The molecule has 0 saturated carbocycles.